The molecule has 0 aromatic heterocycles. The maximum Gasteiger partial charge on any atom is 0.224 e. The number of nitrogens with one attached hydrogen (secondary N) is 1. The first-order chi connectivity index (χ1) is 8.08. The fourth-order valence-electron chi connectivity index (χ4n) is 1.72. The Morgan fingerprint density at radius 1 is 1.47 bits per heavy atom. The van der Waals surface area contributed by atoms with E-state index in [0.29, 0.717) is 13.0 Å². The normalized spacial score (nSPS) is 12.2. The van der Waals surface area contributed by atoms with Crippen molar-refractivity contribution >= 4 is 5.91 Å². The van der Waals surface area contributed by atoms with Crippen LogP contribution in [0.2, 0.25) is 0 Å². The molecule has 0 fully saturated rings. The molecule has 1 atom stereocenters. The Morgan fingerprint density at radius 3 is 2.88 bits per heavy atom. The van der Waals surface area contributed by atoms with Crippen LogP contribution in [0, 0.1) is 6.92 Å². The minimum absolute atomic E-state index is 0.0836. The quantitative estimate of drug-likeness (QED) is 0.737. The van der Waals surface area contributed by atoms with Crippen molar-refractivity contribution < 1.29 is 4.79 Å². The average Bonchev–Trinajstić information content (AvgIpc) is 2.24. The van der Waals surface area contributed by atoms with E-state index >= 15 is 0 Å². The first kappa shape index (κ1) is 13.7. The van der Waals surface area contributed by atoms with Crippen LogP contribution in [0.3, 0.4) is 0 Å². The van der Waals surface area contributed by atoms with Crippen LogP contribution < -0.4 is 11.1 Å². The molecular weight excluding hydrogens is 212 g/mol. The Morgan fingerprint density at radius 2 is 2.24 bits per heavy atom. The van der Waals surface area contributed by atoms with E-state index in [1.807, 2.05) is 38.1 Å². The molecule has 0 spiro atoms. The Bertz CT molecular complexity index is 361. The van der Waals surface area contributed by atoms with Gasteiger partial charge in [0, 0.05) is 12.6 Å². The molecule has 17 heavy (non-hydrogen) atoms. The number of amides is 1. The fraction of sp³-hybridized carbons (Fsp3) is 0.500. The Kier molecular flexibility index (Phi) is 5.70. The standard InChI is InChI=1S/C14H22N2O/c1-11-5-3-7-13(9-11)10-14(17)16-8-4-6-12(2)15/h3,5,7,9,12H,4,6,8,10,15H2,1-2H3,(H,16,17). The number of hydrogen-bond donors (Lipinski definition) is 2. The molecule has 0 bridgehead atoms. The molecule has 1 rings (SSSR count). The van der Waals surface area contributed by atoms with Gasteiger partial charge in [0.1, 0.15) is 0 Å². The van der Waals surface area contributed by atoms with Gasteiger partial charge < -0.3 is 11.1 Å². The second-order valence-electron chi connectivity index (χ2n) is 4.64. The van der Waals surface area contributed by atoms with E-state index in [4.69, 9.17) is 5.73 Å². The van der Waals surface area contributed by atoms with E-state index in [2.05, 4.69) is 5.32 Å². The maximum atomic E-state index is 11.6. The average molecular weight is 234 g/mol. The van der Waals surface area contributed by atoms with Gasteiger partial charge in [-0.1, -0.05) is 29.8 Å². The summed E-state index contributed by atoms with van der Waals surface area (Å²) in [6.45, 7) is 4.73. The van der Waals surface area contributed by atoms with Gasteiger partial charge in [0.25, 0.3) is 0 Å². The lowest BCUT2D eigenvalue weighted by atomic mass is 10.1. The van der Waals surface area contributed by atoms with Gasteiger partial charge in [-0.05, 0) is 32.3 Å². The van der Waals surface area contributed by atoms with Crippen LogP contribution in [-0.2, 0) is 11.2 Å². The van der Waals surface area contributed by atoms with Crippen LogP contribution in [0.15, 0.2) is 24.3 Å². The lowest BCUT2D eigenvalue weighted by Crippen LogP contribution is -2.27. The minimum atomic E-state index is 0.0836. The molecular formula is C14H22N2O. The molecule has 0 saturated heterocycles. The Balaban J connectivity index is 2.25. The molecule has 3 nitrogen and oxygen atoms in total. The van der Waals surface area contributed by atoms with Crippen molar-refractivity contribution in [3.05, 3.63) is 35.4 Å². The summed E-state index contributed by atoms with van der Waals surface area (Å²) in [4.78, 5) is 11.6. The molecule has 1 aromatic rings. The number of carbonyl (C=O) groups is 1. The number of nitrogens with two attached hydrogens (primary N) is 1. The topological polar surface area (TPSA) is 55.1 Å². The Labute approximate surface area is 103 Å². The zero-order valence-corrected chi connectivity index (χ0v) is 10.7. The molecule has 0 aliphatic rings. The van der Waals surface area contributed by atoms with Crippen LogP contribution in [-0.4, -0.2) is 18.5 Å². The number of hydrogen-bond acceptors (Lipinski definition) is 2. The number of carbonyl (C=O) groups excluding carboxylic acids is 1. The minimum Gasteiger partial charge on any atom is -0.356 e. The van der Waals surface area contributed by atoms with Crippen LogP contribution >= 0.6 is 0 Å². The molecule has 94 valence electrons. The highest BCUT2D eigenvalue weighted by atomic mass is 16.1. The van der Waals surface area contributed by atoms with Crippen molar-refractivity contribution in [2.75, 3.05) is 6.54 Å². The van der Waals surface area contributed by atoms with E-state index in [1.165, 1.54) is 5.56 Å². The van der Waals surface area contributed by atoms with Gasteiger partial charge in [-0.2, -0.15) is 0 Å². The van der Waals surface area contributed by atoms with Crippen LogP contribution in [0.25, 0.3) is 0 Å². The predicted molar refractivity (Wildman–Crippen MR) is 70.8 cm³/mol. The third-order valence-corrected chi connectivity index (χ3v) is 2.61. The summed E-state index contributed by atoms with van der Waals surface area (Å²) < 4.78 is 0. The Hall–Kier alpha value is -1.35. The summed E-state index contributed by atoms with van der Waals surface area (Å²) in [5.74, 6) is 0.0836. The van der Waals surface area contributed by atoms with Crippen LogP contribution in [0.4, 0.5) is 0 Å². The van der Waals surface area contributed by atoms with Crippen molar-refractivity contribution in [3.63, 3.8) is 0 Å². The van der Waals surface area contributed by atoms with Crippen molar-refractivity contribution in [1.82, 2.24) is 5.32 Å². The first-order valence-electron chi connectivity index (χ1n) is 6.16. The summed E-state index contributed by atoms with van der Waals surface area (Å²) in [6, 6.07) is 8.25. The van der Waals surface area contributed by atoms with E-state index in [0.717, 1.165) is 18.4 Å². The van der Waals surface area contributed by atoms with Gasteiger partial charge in [-0.15, -0.1) is 0 Å². The molecule has 3 N–H and O–H groups in total. The number of benzene rings is 1. The van der Waals surface area contributed by atoms with Gasteiger partial charge in [-0.3, -0.25) is 4.79 Å². The molecule has 0 radical (unpaired) electrons. The fourth-order valence-corrected chi connectivity index (χ4v) is 1.72. The summed E-state index contributed by atoms with van der Waals surface area (Å²) in [7, 11) is 0. The van der Waals surface area contributed by atoms with Crippen LogP contribution in [0.5, 0.6) is 0 Å². The molecule has 1 unspecified atom stereocenters. The van der Waals surface area contributed by atoms with Crippen LogP contribution in [0.1, 0.15) is 30.9 Å². The monoisotopic (exact) mass is 234 g/mol. The third-order valence-electron chi connectivity index (χ3n) is 2.61. The highest BCUT2D eigenvalue weighted by molar-refractivity contribution is 5.78. The van der Waals surface area contributed by atoms with E-state index in [-0.39, 0.29) is 11.9 Å². The second kappa shape index (κ2) is 7.07. The zero-order chi connectivity index (χ0) is 12.7. The van der Waals surface area contributed by atoms with E-state index in [1.54, 1.807) is 0 Å². The summed E-state index contributed by atoms with van der Waals surface area (Å²) in [5, 5.41) is 2.91. The molecule has 0 aliphatic carbocycles. The van der Waals surface area contributed by atoms with Crippen molar-refractivity contribution in [3.8, 4) is 0 Å². The van der Waals surface area contributed by atoms with Gasteiger partial charge >= 0.3 is 0 Å². The first-order valence-corrected chi connectivity index (χ1v) is 6.16. The lowest BCUT2D eigenvalue weighted by molar-refractivity contribution is -0.120. The molecule has 0 heterocycles. The smallest absolute Gasteiger partial charge is 0.224 e. The molecule has 1 amide bonds. The highest BCUT2D eigenvalue weighted by Crippen LogP contribution is 2.04. The van der Waals surface area contributed by atoms with Crippen molar-refractivity contribution in [2.45, 2.75) is 39.2 Å². The summed E-state index contributed by atoms with van der Waals surface area (Å²) in [6.07, 6.45) is 2.35. The van der Waals surface area contributed by atoms with E-state index in [9.17, 15) is 4.79 Å². The van der Waals surface area contributed by atoms with E-state index < -0.39 is 0 Å². The van der Waals surface area contributed by atoms with Gasteiger partial charge in [0.05, 0.1) is 6.42 Å². The summed E-state index contributed by atoms with van der Waals surface area (Å²) in [5.41, 5.74) is 7.89. The number of aryl methyl sites for hydroxylation is 1. The van der Waals surface area contributed by atoms with Gasteiger partial charge in [0.2, 0.25) is 5.91 Å². The van der Waals surface area contributed by atoms with Crippen molar-refractivity contribution in [1.29, 1.82) is 0 Å². The molecule has 1 aromatic carbocycles. The predicted octanol–water partition coefficient (Wildman–Crippen LogP) is 1.78. The van der Waals surface area contributed by atoms with Gasteiger partial charge in [0.15, 0.2) is 0 Å². The van der Waals surface area contributed by atoms with Crippen molar-refractivity contribution in [2.24, 2.45) is 5.73 Å². The second-order valence-corrected chi connectivity index (χ2v) is 4.64. The molecule has 0 saturated carbocycles. The highest BCUT2D eigenvalue weighted by Gasteiger charge is 2.03. The summed E-state index contributed by atoms with van der Waals surface area (Å²) >= 11 is 0. The largest absolute Gasteiger partial charge is 0.356 e. The maximum absolute atomic E-state index is 11.6. The lowest BCUT2D eigenvalue weighted by Gasteiger charge is -2.07. The third kappa shape index (κ3) is 6.07. The van der Waals surface area contributed by atoms with Gasteiger partial charge in [-0.25, -0.2) is 0 Å². The molecule has 3 heteroatoms. The number of rotatable bonds is 6. The molecule has 0 aliphatic heterocycles. The zero-order valence-electron chi connectivity index (χ0n) is 10.7. The SMILES string of the molecule is Cc1cccc(CC(=O)NCCCC(C)N)c1.